The molecule has 0 aromatic rings. The lowest BCUT2D eigenvalue weighted by Crippen LogP contribution is -1.95. The Kier molecular flexibility index (Phi) is 3.71. The molecule has 4 N–H and O–H groups in total. The summed E-state index contributed by atoms with van der Waals surface area (Å²) in [5, 5.41) is 0. The van der Waals surface area contributed by atoms with Gasteiger partial charge in [0.05, 0.1) is 0 Å². The minimum absolute atomic E-state index is 0. The number of allylic oxidation sites excluding steroid dienone is 1. The molecule has 0 amide bonds. The lowest BCUT2D eigenvalue weighted by Gasteiger charge is -2.01. The third-order valence-corrected chi connectivity index (χ3v) is 1.28. The summed E-state index contributed by atoms with van der Waals surface area (Å²) in [4.78, 5) is -0.340. The Morgan fingerprint density at radius 3 is 1.75 bits per heavy atom. The van der Waals surface area contributed by atoms with Crippen LogP contribution in [0.5, 0.6) is 0 Å². The molecule has 0 aliphatic heterocycles. The second-order valence-corrected chi connectivity index (χ2v) is 2.76. The van der Waals surface area contributed by atoms with E-state index in [1.165, 1.54) is 0 Å². The van der Waals surface area contributed by atoms with Crippen molar-refractivity contribution in [1.82, 2.24) is 6.15 Å². The van der Waals surface area contributed by atoms with Gasteiger partial charge in [0.2, 0.25) is 0 Å². The van der Waals surface area contributed by atoms with Gasteiger partial charge >= 0.3 is 0 Å². The van der Waals surface area contributed by atoms with Crippen LogP contribution in [0, 0.1) is 0 Å². The lowest BCUT2D eigenvalue weighted by atomic mass is 10.8. The lowest BCUT2D eigenvalue weighted by molar-refractivity contribution is 0.471. The molecule has 0 aromatic carbocycles. The number of quaternary nitrogens is 1. The first-order valence-corrected chi connectivity index (χ1v) is 2.97. The van der Waals surface area contributed by atoms with Crippen molar-refractivity contribution in [1.29, 1.82) is 0 Å². The van der Waals surface area contributed by atoms with Crippen molar-refractivity contribution in [2.24, 2.45) is 0 Å². The van der Waals surface area contributed by atoms with Crippen LogP contribution >= 0.6 is 0 Å². The molecular weight excluding hydrogens is 130 g/mol. The van der Waals surface area contributed by atoms with Crippen molar-refractivity contribution in [3.8, 4) is 0 Å². The second kappa shape index (κ2) is 2.81. The molecule has 0 radical (unpaired) electrons. The van der Waals surface area contributed by atoms with E-state index in [9.17, 15) is 13.0 Å². The zero-order valence-corrected chi connectivity index (χ0v) is 5.66. The number of hydrogen-bond acceptors (Lipinski definition) is 3. The fraction of sp³-hybridized carbons (Fsp3) is 0.333. The molecule has 0 saturated heterocycles. The summed E-state index contributed by atoms with van der Waals surface area (Å²) >= 11 is 0. The first-order valence-electron chi connectivity index (χ1n) is 1.56. The Hall–Kier alpha value is -0.390. The van der Waals surface area contributed by atoms with Crippen LogP contribution in [-0.2, 0) is 10.1 Å². The highest BCUT2D eigenvalue weighted by Gasteiger charge is 1.89. The SMILES string of the molecule is C=C(C)S(=O)(=O)[O-].[NH4+]. The van der Waals surface area contributed by atoms with Crippen molar-refractivity contribution < 1.29 is 13.0 Å². The van der Waals surface area contributed by atoms with Gasteiger partial charge in [-0.15, -0.1) is 0 Å². The maximum Gasteiger partial charge on any atom is 0.119 e. The minimum atomic E-state index is -4.19. The van der Waals surface area contributed by atoms with E-state index in [1.807, 2.05) is 0 Å². The van der Waals surface area contributed by atoms with E-state index < -0.39 is 10.1 Å². The third kappa shape index (κ3) is 3.79. The maximum absolute atomic E-state index is 9.68. The van der Waals surface area contributed by atoms with Gasteiger partial charge in [-0.25, -0.2) is 8.42 Å². The largest absolute Gasteiger partial charge is 0.744 e. The summed E-state index contributed by atoms with van der Waals surface area (Å²) in [6.45, 7) is 4.08. The van der Waals surface area contributed by atoms with E-state index in [0.717, 1.165) is 6.92 Å². The Bertz CT molecular complexity index is 169. The third-order valence-electron chi connectivity index (χ3n) is 0.427. The van der Waals surface area contributed by atoms with Gasteiger partial charge < -0.3 is 10.7 Å². The average Bonchev–Trinajstić information content (AvgIpc) is 1.31. The van der Waals surface area contributed by atoms with E-state index >= 15 is 0 Å². The Labute approximate surface area is 48.5 Å². The summed E-state index contributed by atoms with van der Waals surface area (Å²) in [6.07, 6.45) is 0. The van der Waals surface area contributed by atoms with Crippen molar-refractivity contribution in [3.63, 3.8) is 0 Å². The molecular formula is C3H9NO3S. The first-order chi connectivity index (χ1) is 2.94. The number of rotatable bonds is 1. The van der Waals surface area contributed by atoms with Gasteiger partial charge in [-0.2, -0.15) is 0 Å². The van der Waals surface area contributed by atoms with Gasteiger partial charge in [-0.3, -0.25) is 0 Å². The predicted molar refractivity (Wildman–Crippen MR) is 30.5 cm³/mol. The van der Waals surface area contributed by atoms with Crippen molar-refractivity contribution in [3.05, 3.63) is 11.5 Å². The standard InChI is InChI=1S/C3H6O3S.H3N/c1-3(2)7(4,5)6;/h1H2,2H3,(H,4,5,6);1H3. The molecule has 0 aliphatic carbocycles. The topological polar surface area (TPSA) is 93.7 Å². The molecule has 0 unspecified atom stereocenters. The fourth-order valence-electron chi connectivity index (χ4n) is 0. The summed E-state index contributed by atoms with van der Waals surface area (Å²) in [5.41, 5.74) is 0. The summed E-state index contributed by atoms with van der Waals surface area (Å²) in [5.74, 6) is 0. The quantitative estimate of drug-likeness (QED) is 0.534. The van der Waals surface area contributed by atoms with Gasteiger partial charge in [0.25, 0.3) is 0 Å². The summed E-state index contributed by atoms with van der Waals surface area (Å²) < 4.78 is 29.0. The molecule has 0 rings (SSSR count). The zero-order valence-electron chi connectivity index (χ0n) is 4.84. The van der Waals surface area contributed by atoms with Crippen LogP contribution in [0.2, 0.25) is 0 Å². The first kappa shape index (κ1) is 10.6. The van der Waals surface area contributed by atoms with Crippen LogP contribution in [-0.4, -0.2) is 13.0 Å². The molecule has 0 heterocycles. The molecule has 8 heavy (non-hydrogen) atoms. The Morgan fingerprint density at radius 1 is 1.62 bits per heavy atom. The molecule has 0 aromatic heterocycles. The van der Waals surface area contributed by atoms with E-state index in [2.05, 4.69) is 6.58 Å². The second-order valence-electron chi connectivity index (χ2n) is 1.16. The zero-order chi connectivity index (χ0) is 6.08. The van der Waals surface area contributed by atoms with Gasteiger partial charge in [-0.05, 0) is 6.92 Å². The molecule has 0 spiro atoms. The normalized spacial score (nSPS) is 9.75. The molecule has 50 valence electrons. The van der Waals surface area contributed by atoms with E-state index in [4.69, 9.17) is 0 Å². The highest BCUT2D eigenvalue weighted by Crippen LogP contribution is 1.94. The molecule has 0 bridgehead atoms. The van der Waals surface area contributed by atoms with Crippen molar-refractivity contribution in [2.75, 3.05) is 0 Å². The van der Waals surface area contributed by atoms with Crippen LogP contribution in [0.4, 0.5) is 0 Å². The molecule has 0 aliphatic rings. The van der Waals surface area contributed by atoms with E-state index in [0.29, 0.717) is 0 Å². The smallest absolute Gasteiger partial charge is 0.119 e. The number of hydrogen-bond donors (Lipinski definition) is 1. The van der Waals surface area contributed by atoms with E-state index in [1.54, 1.807) is 0 Å². The predicted octanol–water partition coefficient (Wildman–Crippen LogP) is 0.441. The van der Waals surface area contributed by atoms with Crippen LogP contribution in [0.1, 0.15) is 6.92 Å². The molecule has 4 nitrogen and oxygen atoms in total. The van der Waals surface area contributed by atoms with Crippen molar-refractivity contribution >= 4 is 10.1 Å². The summed E-state index contributed by atoms with van der Waals surface area (Å²) in [7, 11) is -4.19. The Morgan fingerprint density at radius 2 is 1.75 bits per heavy atom. The molecule has 0 atom stereocenters. The monoisotopic (exact) mass is 139 g/mol. The maximum atomic E-state index is 9.68. The van der Waals surface area contributed by atoms with Crippen LogP contribution in [0.15, 0.2) is 11.5 Å². The average molecular weight is 139 g/mol. The van der Waals surface area contributed by atoms with Crippen molar-refractivity contribution in [2.45, 2.75) is 6.92 Å². The molecule has 5 heteroatoms. The van der Waals surface area contributed by atoms with Crippen LogP contribution < -0.4 is 6.15 Å². The van der Waals surface area contributed by atoms with Crippen LogP contribution in [0.25, 0.3) is 0 Å². The van der Waals surface area contributed by atoms with Gasteiger partial charge in [0.1, 0.15) is 10.1 Å². The Balaban J connectivity index is 0. The molecule has 0 fully saturated rings. The highest BCUT2D eigenvalue weighted by atomic mass is 32.2. The van der Waals surface area contributed by atoms with Crippen LogP contribution in [0.3, 0.4) is 0 Å². The molecule has 0 saturated carbocycles. The van der Waals surface area contributed by atoms with Gasteiger partial charge in [-0.1, -0.05) is 6.58 Å². The summed E-state index contributed by atoms with van der Waals surface area (Å²) in [6, 6.07) is 0. The van der Waals surface area contributed by atoms with Gasteiger partial charge in [0, 0.05) is 4.91 Å². The minimum Gasteiger partial charge on any atom is -0.744 e. The van der Waals surface area contributed by atoms with Gasteiger partial charge in [0.15, 0.2) is 0 Å². The van der Waals surface area contributed by atoms with E-state index in [-0.39, 0.29) is 11.1 Å². The highest BCUT2D eigenvalue weighted by molar-refractivity contribution is 7.89. The fourth-order valence-corrected chi connectivity index (χ4v) is 0.